The highest BCUT2D eigenvalue weighted by atomic mass is 16.5. The molecular weight excluding hydrogens is 396 g/mol. The van der Waals surface area contributed by atoms with Gasteiger partial charge in [-0.25, -0.2) is 4.79 Å². The summed E-state index contributed by atoms with van der Waals surface area (Å²) >= 11 is 0. The van der Waals surface area contributed by atoms with Gasteiger partial charge in [-0.1, -0.05) is 18.2 Å². The number of anilines is 1. The van der Waals surface area contributed by atoms with E-state index in [1.165, 1.54) is 6.08 Å². The number of nitriles is 1. The van der Waals surface area contributed by atoms with Crippen LogP contribution in [-0.2, 0) is 16.0 Å². The predicted octanol–water partition coefficient (Wildman–Crippen LogP) is 4.13. The van der Waals surface area contributed by atoms with E-state index in [-0.39, 0.29) is 5.57 Å². The van der Waals surface area contributed by atoms with E-state index in [0.29, 0.717) is 41.3 Å². The molecular formula is C24H24N2O5. The Labute approximate surface area is 181 Å². The van der Waals surface area contributed by atoms with E-state index in [2.05, 4.69) is 11.9 Å². The number of amides is 1. The van der Waals surface area contributed by atoms with Gasteiger partial charge in [-0.15, -0.1) is 6.58 Å². The molecule has 0 saturated carbocycles. The Morgan fingerprint density at radius 3 is 2.65 bits per heavy atom. The first-order valence-corrected chi connectivity index (χ1v) is 9.63. The van der Waals surface area contributed by atoms with Gasteiger partial charge in [0.2, 0.25) is 0 Å². The monoisotopic (exact) mass is 420 g/mol. The van der Waals surface area contributed by atoms with Crippen molar-refractivity contribution in [2.75, 3.05) is 18.5 Å². The molecule has 0 aliphatic carbocycles. The molecule has 0 saturated heterocycles. The van der Waals surface area contributed by atoms with Gasteiger partial charge in [0.15, 0.2) is 18.1 Å². The van der Waals surface area contributed by atoms with Crippen LogP contribution in [0.3, 0.4) is 0 Å². The second-order valence-electron chi connectivity index (χ2n) is 6.61. The third-order valence-electron chi connectivity index (χ3n) is 4.11. The maximum absolute atomic E-state index is 12.6. The topological polar surface area (TPSA) is 109 Å². The molecule has 2 aromatic rings. The standard InChI is InChI=1S/C24H24N2O5/c1-4-7-18-11-17(13-21(30-5-2)23(18)31-15-22(27)28)12-19(14-25)24(29)26-20-9-6-8-16(3)10-20/h4,6,8-13H,1,5,7,15H2,2-3H3,(H,26,29)(H,27,28)/b19-12+. The zero-order valence-corrected chi connectivity index (χ0v) is 17.5. The highest BCUT2D eigenvalue weighted by molar-refractivity contribution is 6.09. The van der Waals surface area contributed by atoms with Crippen molar-refractivity contribution in [1.82, 2.24) is 0 Å². The quantitative estimate of drug-likeness (QED) is 0.340. The van der Waals surface area contributed by atoms with Crippen molar-refractivity contribution in [1.29, 1.82) is 5.26 Å². The van der Waals surface area contributed by atoms with Crippen LogP contribution < -0.4 is 14.8 Å². The Balaban J connectivity index is 2.42. The van der Waals surface area contributed by atoms with Gasteiger partial charge < -0.3 is 19.9 Å². The summed E-state index contributed by atoms with van der Waals surface area (Å²) in [4.78, 5) is 23.5. The van der Waals surface area contributed by atoms with Gasteiger partial charge in [0, 0.05) is 11.3 Å². The average Bonchev–Trinajstić information content (AvgIpc) is 2.71. The molecule has 2 N–H and O–H groups in total. The SMILES string of the molecule is C=CCc1cc(/C=C(\C#N)C(=O)Nc2cccc(C)c2)cc(OCC)c1OCC(=O)O. The summed E-state index contributed by atoms with van der Waals surface area (Å²) < 4.78 is 11.0. The third kappa shape index (κ3) is 6.75. The second kappa shape index (κ2) is 11.2. The van der Waals surface area contributed by atoms with Crippen molar-refractivity contribution in [3.63, 3.8) is 0 Å². The van der Waals surface area contributed by atoms with Crippen LogP contribution >= 0.6 is 0 Å². The van der Waals surface area contributed by atoms with Crippen molar-refractivity contribution in [2.45, 2.75) is 20.3 Å². The summed E-state index contributed by atoms with van der Waals surface area (Å²) in [5, 5.41) is 21.2. The average molecular weight is 420 g/mol. The highest BCUT2D eigenvalue weighted by Gasteiger charge is 2.16. The minimum Gasteiger partial charge on any atom is -0.490 e. The number of allylic oxidation sites excluding steroid dienone is 1. The number of nitrogens with zero attached hydrogens (tertiary/aromatic N) is 1. The molecule has 0 heterocycles. The molecule has 0 radical (unpaired) electrons. The van der Waals surface area contributed by atoms with Crippen LogP contribution in [-0.4, -0.2) is 30.2 Å². The Bertz CT molecular complexity index is 1050. The fourth-order valence-corrected chi connectivity index (χ4v) is 2.87. The molecule has 0 atom stereocenters. The van der Waals surface area contributed by atoms with E-state index < -0.39 is 18.5 Å². The molecule has 0 spiro atoms. The molecule has 1 amide bonds. The number of nitrogens with one attached hydrogen (secondary N) is 1. The molecule has 7 nitrogen and oxygen atoms in total. The fraction of sp³-hybridized carbons (Fsp3) is 0.208. The van der Waals surface area contributed by atoms with Gasteiger partial charge in [-0.2, -0.15) is 5.26 Å². The minimum atomic E-state index is -1.12. The molecule has 7 heteroatoms. The number of ether oxygens (including phenoxy) is 2. The van der Waals surface area contributed by atoms with Gasteiger partial charge in [0.25, 0.3) is 5.91 Å². The summed E-state index contributed by atoms with van der Waals surface area (Å²) in [6.07, 6.45) is 3.47. The Morgan fingerprint density at radius 2 is 2.03 bits per heavy atom. The zero-order valence-electron chi connectivity index (χ0n) is 17.5. The van der Waals surface area contributed by atoms with E-state index in [9.17, 15) is 14.9 Å². The molecule has 2 rings (SSSR count). The summed E-state index contributed by atoms with van der Waals surface area (Å²) in [5.41, 5.74) is 2.65. The largest absolute Gasteiger partial charge is 0.490 e. The van der Waals surface area contributed by atoms with Crippen molar-refractivity contribution in [3.8, 4) is 17.6 Å². The maximum atomic E-state index is 12.6. The Kier molecular flexibility index (Phi) is 8.41. The first-order chi connectivity index (χ1) is 14.9. The lowest BCUT2D eigenvalue weighted by Crippen LogP contribution is -2.13. The summed E-state index contributed by atoms with van der Waals surface area (Å²) in [5.74, 6) is -1.03. The maximum Gasteiger partial charge on any atom is 0.341 e. The van der Waals surface area contributed by atoms with Gasteiger partial charge in [0.1, 0.15) is 11.6 Å². The molecule has 160 valence electrons. The van der Waals surface area contributed by atoms with Crippen LogP contribution in [0.1, 0.15) is 23.6 Å². The van der Waals surface area contributed by atoms with E-state index >= 15 is 0 Å². The lowest BCUT2D eigenvalue weighted by Gasteiger charge is -2.16. The van der Waals surface area contributed by atoms with Crippen LogP contribution in [0.15, 0.2) is 54.6 Å². The number of carboxylic acid groups (broad SMARTS) is 1. The minimum absolute atomic E-state index is 0.0901. The molecule has 0 aliphatic heterocycles. The molecule has 0 aromatic heterocycles. The highest BCUT2D eigenvalue weighted by Crippen LogP contribution is 2.34. The van der Waals surface area contributed by atoms with Crippen LogP contribution in [0, 0.1) is 18.3 Å². The number of rotatable bonds is 10. The molecule has 0 unspecified atom stereocenters. The van der Waals surface area contributed by atoms with Crippen LogP contribution in [0.5, 0.6) is 11.5 Å². The van der Waals surface area contributed by atoms with E-state index in [1.807, 2.05) is 25.1 Å². The van der Waals surface area contributed by atoms with E-state index in [1.54, 1.807) is 37.3 Å². The Hall–Kier alpha value is -4.05. The zero-order chi connectivity index (χ0) is 22.8. The Morgan fingerprint density at radius 1 is 1.26 bits per heavy atom. The van der Waals surface area contributed by atoms with Crippen molar-refractivity contribution < 1.29 is 24.2 Å². The normalized spacial score (nSPS) is 10.7. The number of benzene rings is 2. The number of carboxylic acids is 1. The molecule has 31 heavy (non-hydrogen) atoms. The summed E-state index contributed by atoms with van der Waals surface area (Å²) in [6.45, 7) is 7.20. The van der Waals surface area contributed by atoms with Gasteiger partial charge in [-0.3, -0.25) is 4.79 Å². The smallest absolute Gasteiger partial charge is 0.341 e. The lowest BCUT2D eigenvalue weighted by atomic mass is 10.0. The van der Waals surface area contributed by atoms with Crippen LogP contribution in [0.4, 0.5) is 5.69 Å². The lowest BCUT2D eigenvalue weighted by molar-refractivity contribution is -0.139. The van der Waals surface area contributed by atoms with E-state index in [4.69, 9.17) is 14.6 Å². The molecule has 0 fully saturated rings. The number of aryl methyl sites for hydroxylation is 1. The van der Waals surface area contributed by atoms with Gasteiger partial charge in [-0.05, 0) is 61.7 Å². The van der Waals surface area contributed by atoms with Gasteiger partial charge >= 0.3 is 5.97 Å². The number of hydrogen-bond acceptors (Lipinski definition) is 5. The third-order valence-corrected chi connectivity index (χ3v) is 4.11. The molecule has 2 aromatic carbocycles. The van der Waals surface area contributed by atoms with Crippen LogP contribution in [0.2, 0.25) is 0 Å². The second-order valence-corrected chi connectivity index (χ2v) is 6.61. The van der Waals surface area contributed by atoms with Gasteiger partial charge in [0.05, 0.1) is 6.61 Å². The van der Waals surface area contributed by atoms with Crippen molar-refractivity contribution in [2.24, 2.45) is 0 Å². The molecule has 0 bridgehead atoms. The first kappa shape index (κ1) is 23.2. The van der Waals surface area contributed by atoms with Crippen molar-refractivity contribution in [3.05, 3.63) is 71.3 Å². The summed E-state index contributed by atoms with van der Waals surface area (Å²) in [6, 6.07) is 12.5. The first-order valence-electron chi connectivity index (χ1n) is 9.63. The number of carbonyl (C=O) groups excluding carboxylic acids is 1. The fourth-order valence-electron chi connectivity index (χ4n) is 2.87. The van der Waals surface area contributed by atoms with Crippen LogP contribution in [0.25, 0.3) is 6.08 Å². The predicted molar refractivity (Wildman–Crippen MR) is 118 cm³/mol. The summed E-state index contributed by atoms with van der Waals surface area (Å²) in [7, 11) is 0. The number of hydrogen-bond donors (Lipinski definition) is 2. The van der Waals surface area contributed by atoms with E-state index in [0.717, 1.165) is 5.56 Å². The number of aliphatic carboxylic acids is 1. The molecule has 0 aliphatic rings. The van der Waals surface area contributed by atoms with Crippen molar-refractivity contribution >= 4 is 23.6 Å². The number of carbonyl (C=O) groups is 2.